The summed E-state index contributed by atoms with van der Waals surface area (Å²) in [6.07, 6.45) is 2.04. The molecule has 0 aliphatic heterocycles. The molecule has 0 radical (unpaired) electrons. The summed E-state index contributed by atoms with van der Waals surface area (Å²) >= 11 is 0. The van der Waals surface area contributed by atoms with Gasteiger partial charge in [0.15, 0.2) is 5.78 Å². The highest BCUT2D eigenvalue weighted by Gasteiger charge is 2.35. The molecule has 5 aromatic rings. The molecule has 0 unspecified atom stereocenters. The highest BCUT2D eigenvalue weighted by atomic mass is 32.2. The predicted octanol–water partition coefficient (Wildman–Crippen LogP) is 3.75. The van der Waals surface area contributed by atoms with Gasteiger partial charge < -0.3 is 14.7 Å². The molecule has 0 saturated carbocycles. The van der Waals surface area contributed by atoms with E-state index in [9.17, 15) is 18.4 Å². The van der Waals surface area contributed by atoms with E-state index in [0.717, 1.165) is 22.0 Å². The molecule has 0 N–H and O–H groups in total. The van der Waals surface area contributed by atoms with Crippen molar-refractivity contribution in [2.24, 2.45) is 0 Å². The number of hydrogen-bond donors (Lipinski definition) is 0. The van der Waals surface area contributed by atoms with Crippen LogP contribution in [-0.4, -0.2) is 37.6 Å². The highest BCUT2D eigenvalue weighted by molar-refractivity contribution is 7.91. The number of carbonyl (C=O) groups is 1. The third-order valence-corrected chi connectivity index (χ3v) is 7.88. The van der Waals surface area contributed by atoms with E-state index >= 15 is 0 Å². The van der Waals surface area contributed by atoms with Crippen LogP contribution in [0.15, 0.2) is 93.5 Å². The second-order valence-corrected chi connectivity index (χ2v) is 10.4. The Bertz CT molecular complexity index is 1800. The molecule has 2 heterocycles. The number of ether oxygens (including phenoxy) is 2. The number of pyridine rings is 1. The lowest BCUT2D eigenvalue weighted by Crippen LogP contribution is -2.31. The minimum atomic E-state index is -4.19. The van der Waals surface area contributed by atoms with Crippen LogP contribution in [-0.2, 0) is 9.84 Å². The van der Waals surface area contributed by atoms with E-state index in [4.69, 9.17) is 9.47 Å². The van der Waals surface area contributed by atoms with Gasteiger partial charge in [0.25, 0.3) is 9.84 Å². The van der Waals surface area contributed by atoms with Gasteiger partial charge in [0.05, 0.1) is 29.0 Å². The molecule has 0 amide bonds. The summed E-state index contributed by atoms with van der Waals surface area (Å²) in [5, 5.41) is 16.4. The van der Waals surface area contributed by atoms with Crippen molar-refractivity contribution in [3.05, 3.63) is 95.3 Å². The zero-order valence-corrected chi connectivity index (χ0v) is 20.6. The lowest BCUT2D eigenvalue weighted by Gasteiger charge is -2.19. The Balaban J connectivity index is 1.16. The largest absolute Gasteiger partial charge is 0.493 e. The molecule has 3 aromatic carbocycles. The lowest BCUT2D eigenvalue weighted by molar-refractivity contribution is -0.832. The van der Waals surface area contributed by atoms with E-state index in [0.29, 0.717) is 23.3 Å². The van der Waals surface area contributed by atoms with Crippen LogP contribution in [0.1, 0.15) is 22.3 Å². The molecule has 1 aliphatic carbocycles. The smallest absolute Gasteiger partial charge is 0.414 e. The number of ketones is 1. The van der Waals surface area contributed by atoms with Crippen LogP contribution in [0.5, 0.6) is 11.6 Å². The summed E-state index contributed by atoms with van der Waals surface area (Å²) in [7, 11) is -4.19. The second kappa shape index (κ2) is 9.27. The van der Waals surface area contributed by atoms with Gasteiger partial charge in [-0.3, -0.25) is 14.4 Å². The summed E-state index contributed by atoms with van der Waals surface area (Å²) in [4.78, 5) is 17.4. The van der Waals surface area contributed by atoms with Crippen molar-refractivity contribution in [2.75, 3.05) is 13.2 Å². The fraction of sp³-hybridized carbons (Fsp3) is 0.111. The quantitative estimate of drug-likeness (QED) is 0.213. The molecule has 0 spiro atoms. The molecule has 1 aliphatic rings. The first kappa shape index (κ1) is 23.6. The number of sulfone groups is 1. The van der Waals surface area contributed by atoms with Gasteiger partial charge in [0, 0.05) is 34.7 Å². The van der Waals surface area contributed by atoms with Crippen LogP contribution < -0.4 is 14.4 Å². The normalized spacial score (nSPS) is 12.4. The molecule has 0 atom stereocenters. The van der Waals surface area contributed by atoms with Crippen molar-refractivity contribution in [3.8, 4) is 22.9 Å². The molecule has 6 rings (SSSR count). The van der Waals surface area contributed by atoms with Crippen molar-refractivity contribution in [2.45, 2.75) is 16.3 Å². The lowest BCUT2D eigenvalue weighted by atomic mass is 9.85. The van der Waals surface area contributed by atoms with Gasteiger partial charge in [-0.05, 0) is 40.6 Å². The standard InChI is InChI=1S/C27H19N3O7S/c31-25-21-10-5-4-9-20(21)24-23-17(11-12-28-24)15-18(16-22(23)25)35-13-6-14-36-26-27(30(32)37-29-26)38(33,34)19-7-2-1-3-8-19/h1-5,7-12,15-16H,6,13-14H2. The fourth-order valence-corrected chi connectivity index (χ4v) is 5.74. The zero-order chi connectivity index (χ0) is 26.3. The number of benzene rings is 3. The molecule has 0 fully saturated rings. The SMILES string of the molecule is O=C1c2ccccc2-c2nccc3cc(OCCCOc4no[n+]([O-])c4S(=O)(=O)c4ccccc4)cc1c23. The van der Waals surface area contributed by atoms with E-state index in [1.807, 2.05) is 30.3 Å². The van der Waals surface area contributed by atoms with E-state index < -0.39 is 20.7 Å². The second-order valence-electron chi connectivity index (χ2n) is 8.51. The minimum absolute atomic E-state index is 0.00462. The van der Waals surface area contributed by atoms with Crippen molar-refractivity contribution in [3.63, 3.8) is 0 Å². The van der Waals surface area contributed by atoms with Crippen molar-refractivity contribution >= 4 is 26.4 Å². The molecule has 190 valence electrons. The summed E-state index contributed by atoms with van der Waals surface area (Å²) in [6.45, 7) is 0.203. The van der Waals surface area contributed by atoms with Gasteiger partial charge in [-0.15, -0.1) is 0 Å². The van der Waals surface area contributed by atoms with Crippen molar-refractivity contribution < 1.29 is 32.2 Å². The van der Waals surface area contributed by atoms with E-state index in [2.05, 4.69) is 14.8 Å². The van der Waals surface area contributed by atoms with Gasteiger partial charge in [-0.25, -0.2) is 8.42 Å². The molecular formula is C27H19N3O7S. The Morgan fingerprint density at radius 2 is 1.63 bits per heavy atom. The van der Waals surface area contributed by atoms with Gasteiger partial charge in [-0.1, -0.05) is 42.5 Å². The Morgan fingerprint density at radius 1 is 0.895 bits per heavy atom. The molecule has 10 nitrogen and oxygen atoms in total. The number of fused-ring (bicyclic) bond motifs is 2. The Hall–Kier alpha value is -4.77. The molecule has 2 aromatic heterocycles. The van der Waals surface area contributed by atoms with Gasteiger partial charge in [0.2, 0.25) is 0 Å². The first-order valence-electron chi connectivity index (χ1n) is 11.7. The van der Waals surface area contributed by atoms with Crippen LogP contribution in [0.2, 0.25) is 0 Å². The molecule has 38 heavy (non-hydrogen) atoms. The van der Waals surface area contributed by atoms with Crippen LogP contribution in [0.25, 0.3) is 22.0 Å². The van der Waals surface area contributed by atoms with Crippen LogP contribution >= 0.6 is 0 Å². The molecule has 0 saturated heterocycles. The summed E-state index contributed by atoms with van der Waals surface area (Å²) in [5.74, 6) is -0.0178. The average Bonchev–Trinajstić information content (AvgIpc) is 3.32. The van der Waals surface area contributed by atoms with E-state index in [1.54, 1.807) is 24.4 Å². The maximum atomic E-state index is 13.2. The fourth-order valence-electron chi connectivity index (χ4n) is 4.45. The summed E-state index contributed by atoms with van der Waals surface area (Å²) < 4.78 is 41.5. The zero-order valence-electron chi connectivity index (χ0n) is 19.7. The first-order chi connectivity index (χ1) is 18.4. The minimum Gasteiger partial charge on any atom is -0.493 e. The summed E-state index contributed by atoms with van der Waals surface area (Å²) in [6, 6.07) is 20.2. The number of hydrogen-bond acceptors (Lipinski definition) is 9. The third-order valence-electron chi connectivity index (χ3n) is 6.16. The molecular weight excluding hydrogens is 510 g/mol. The van der Waals surface area contributed by atoms with Gasteiger partial charge >= 0.3 is 10.9 Å². The highest BCUT2D eigenvalue weighted by Crippen LogP contribution is 2.39. The van der Waals surface area contributed by atoms with E-state index in [-0.39, 0.29) is 28.8 Å². The van der Waals surface area contributed by atoms with E-state index in [1.165, 1.54) is 24.3 Å². The maximum Gasteiger partial charge on any atom is 0.414 e. The Morgan fingerprint density at radius 3 is 2.45 bits per heavy atom. The Labute approximate surface area is 216 Å². The van der Waals surface area contributed by atoms with Gasteiger partial charge in [0.1, 0.15) is 5.75 Å². The number of aromatic nitrogens is 3. The molecule has 0 bridgehead atoms. The maximum absolute atomic E-state index is 13.2. The van der Waals surface area contributed by atoms with Crippen LogP contribution in [0.3, 0.4) is 0 Å². The summed E-state index contributed by atoms with van der Waals surface area (Å²) in [5.41, 5.74) is 2.68. The Kier molecular flexibility index (Phi) is 5.76. The number of carbonyl (C=O) groups excluding carboxylic acids is 1. The van der Waals surface area contributed by atoms with Gasteiger partial charge in [-0.2, -0.15) is 0 Å². The first-order valence-corrected chi connectivity index (χ1v) is 13.2. The number of nitrogens with zero attached hydrogens (tertiary/aromatic N) is 3. The third kappa shape index (κ3) is 3.93. The van der Waals surface area contributed by atoms with Crippen LogP contribution in [0, 0.1) is 5.21 Å². The topological polar surface area (TPSA) is 136 Å². The predicted molar refractivity (Wildman–Crippen MR) is 134 cm³/mol. The van der Waals surface area contributed by atoms with Crippen LogP contribution in [0.4, 0.5) is 0 Å². The molecule has 11 heteroatoms. The van der Waals surface area contributed by atoms with Crippen molar-refractivity contribution in [1.82, 2.24) is 10.1 Å². The number of rotatable bonds is 8. The monoisotopic (exact) mass is 529 g/mol. The van der Waals surface area contributed by atoms with Crippen molar-refractivity contribution in [1.29, 1.82) is 0 Å². The average molecular weight is 530 g/mol.